The smallest absolute Gasteiger partial charge is 0.243 e. The fraction of sp³-hybridized carbons (Fsp3) is 0.273. The van der Waals surface area contributed by atoms with Crippen molar-refractivity contribution in [3.05, 3.63) is 36.0 Å². The van der Waals surface area contributed by atoms with Gasteiger partial charge in [0.2, 0.25) is 11.7 Å². The van der Waals surface area contributed by atoms with Crippen molar-refractivity contribution >= 4 is 0 Å². The third kappa shape index (κ3) is 2.09. The number of rotatable bonds is 3. The quantitative estimate of drug-likeness (QED) is 0.863. The Labute approximate surface area is 92.3 Å². The van der Waals surface area contributed by atoms with Crippen LogP contribution in [-0.2, 0) is 0 Å². The minimum atomic E-state index is -0.330. The molecule has 0 bridgehead atoms. The van der Waals surface area contributed by atoms with E-state index in [4.69, 9.17) is 10.3 Å². The maximum atomic E-state index is 13.0. The average molecular weight is 221 g/mol. The van der Waals surface area contributed by atoms with Crippen molar-refractivity contribution in [3.8, 4) is 11.4 Å². The minimum Gasteiger partial charge on any atom is -0.337 e. The van der Waals surface area contributed by atoms with Crippen LogP contribution in [-0.4, -0.2) is 10.1 Å². The summed E-state index contributed by atoms with van der Waals surface area (Å²) in [5.74, 6) is 0.406. The zero-order valence-electron chi connectivity index (χ0n) is 8.85. The van der Waals surface area contributed by atoms with Crippen LogP contribution >= 0.6 is 0 Å². The molecule has 0 amide bonds. The molecule has 84 valence electrons. The van der Waals surface area contributed by atoms with Crippen molar-refractivity contribution in [3.63, 3.8) is 0 Å². The second kappa shape index (κ2) is 4.40. The standard InChI is InChI=1S/C11H12FN3O/c1-2-9(13)11-14-10(15-16-11)7-4-3-5-8(12)6-7/h3-6,9H,2,13H2,1H3/t9-/m1/s1. The summed E-state index contributed by atoms with van der Waals surface area (Å²) in [6, 6.07) is 5.76. The lowest BCUT2D eigenvalue weighted by molar-refractivity contribution is 0.352. The molecule has 0 radical (unpaired) electrons. The van der Waals surface area contributed by atoms with Crippen molar-refractivity contribution in [2.24, 2.45) is 5.73 Å². The Balaban J connectivity index is 2.31. The molecule has 4 nitrogen and oxygen atoms in total. The van der Waals surface area contributed by atoms with E-state index < -0.39 is 0 Å². The van der Waals surface area contributed by atoms with Crippen LogP contribution in [0.4, 0.5) is 4.39 Å². The molecule has 0 fully saturated rings. The van der Waals surface area contributed by atoms with Crippen molar-refractivity contribution < 1.29 is 8.91 Å². The monoisotopic (exact) mass is 221 g/mol. The van der Waals surface area contributed by atoms with Gasteiger partial charge in [0.1, 0.15) is 5.82 Å². The molecule has 2 rings (SSSR count). The van der Waals surface area contributed by atoms with E-state index in [2.05, 4.69) is 10.1 Å². The number of hydrogen-bond acceptors (Lipinski definition) is 4. The average Bonchev–Trinajstić information content (AvgIpc) is 2.77. The fourth-order valence-corrected chi connectivity index (χ4v) is 1.31. The number of nitrogens with two attached hydrogens (primary N) is 1. The van der Waals surface area contributed by atoms with Gasteiger partial charge in [-0.1, -0.05) is 24.2 Å². The zero-order chi connectivity index (χ0) is 11.5. The van der Waals surface area contributed by atoms with Crippen LogP contribution in [0, 0.1) is 5.82 Å². The molecule has 16 heavy (non-hydrogen) atoms. The molecule has 0 aliphatic heterocycles. The van der Waals surface area contributed by atoms with Crippen molar-refractivity contribution in [2.45, 2.75) is 19.4 Å². The van der Waals surface area contributed by atoms with E-state index in [1.807, 2.05) is 6.92 Å². The molecule has 0 spiro atoms. The van der Waals surface area contributed by atoms with E-state index >= 15 is 0 Å². The molecule has 1 heterocycles. The molecule has 1 atom stereocenters. The number of halogens is 1. The zero-order valence-corrected chi connectivity index (χ0v) is 8.85. The van der Waals surface area contributed by atoms with Crippen molar-refractivity contribution in [1.82, 2.24) is 10.1 Å². The van der Waals surface area contributed by atoms with Gasteiger partial charge >= 0.3 is 0 Å². The molecule has 2 aromatic rings. The van der Waals surface area contributed by atoms with Crippen LogP contribution in [0.3, 0.4) is 0 Å². The molecule has 0 aliphatic carbocycles. The van der Waals surface area contributed by atoms with Gasteiger partial charge in [0.15, 0.2) is 0 Å². The van der Waals surface area contributed by atoms with Crippen molar-refractivity contribution in [1.29, 1.82) is 0 Å². The van der Waals surface area contributed by atoms with Gasteiger partial charge in [-0.05, 0) is 18.6 Å². The molecule has 1 aromatic carbocycles. The molecule has 0 saturated carbocycles. The Kier molecular flexibility index (Phi) is 2.96. The predicted molar refractivity (Wildman–Crippen MR) is 56.9 cm³/mol. The summed E-state index contributed by atoms with van der Waals surface area (Å²) in [5.41, 5.74) is 6.33. The molecule has 1 aromatic heterocycles. The summed E-state index contributed by atoms with van der Waals surface area (Å²) in [7, 11) is 0. The van der Waals surface area contributed by atoms with Crippen LogP contribution in [0.1, 0.15) is 25.3 Å². The molecule has 0 saturated heterocycles. The summed E-state index contributed by atoms with van der Waals surface area (Å²) in [5, 5.41) is 3.76. The van der Waals surface area contributed by atoms with Gasteiger partial charge < -0.3 is 10.3 Å². The number of benzene rings is 1. The Hall–Kier alpha value is -1.75. The summed E-state index contributed by atoms with van der Waals surface area (Å²) in [6.07, 6.45) is 0.713. The van der Waals surface area contributed by atoms with Gasteiger partial charge in [-0.3, -0.25) is 0 Å². The third-order valence-electron chi connectivity index (χ3n) is 2.28. The summed E-state index contributed by atoms with van der Waals surface area (Å²) in [4.78, 5) is 4.12. The number of nitrogens with zero attached hydrogens (tertiary/aromatic N) is 2. The first-order chi connectivity index (χ1) is 7.70. The Morgan fingerprint density at radius 1 is 1.50 bits per heavy atom. The van der Waals surface area contributed by atoms with Gasteiger partial charge in [-0.2, -0.15) is 4.98 Å². The van der Waals surface area contributed by atoms with E-state index in [1.165, 1.54) is 12.1 Å². The third-order valence-corrected chi connectivity index (χ3v) is 2.28. The molecule has 0 aliphatic rings. The Morgan fingerprint density at radius 3 is 3.00 bits per heavy atom. The predicted octanol–water partition coefficient (Wildman–Crippen LogP) is 2.29. The topological polar surface area (TPSA) is 64.9 Å². The van der Waals surface area contributed by atoms with E-state index in [1.54, 1.807) is 12.1 Å². The summed E-state index contributed by atoms with van der Waals surface area (Å²) < 4.78 is 18.0. The second-order valence-electron chi connectivity index (χ2n) is 3.48. The van der Waals surface area contributed by atoms with Gasteiger partial charge in [0.05, 0.1) is 6.04 Å². The fourth-order valence-electron chi connectivity index (χ4n) is 1.31. The first-order valence-corrected chi connectivity index (χ1v) is 5.06. The summed E-state index contributed by atoms with van der Waals surface area (Å²) in [6.45, 7) is 1.93. The van der Waals surface area contributed by atoms with Gasteiger partial charge in [-0.15, -0.1) is 0 Å². The highest BCUT2D eigenvalue weighted by Gasteiger charge is 2.13. The molecule has 0 unspecified atom stereocenters. The lowest BCUT2D eigenvalue weighted by Gasteiger charge is -1.99. The first kappa shape index (κ1) is 10.8. The van der Waals surface area contributed by atoms with Crippen molar-refractivity contribution in [2.75, 3.05) is 0 Å². The highest BCUT2D eigenvalue weighted by atomic mass is 19.1. The lowest BCUT2D eigenvalue weighted by atomic mass is 10.2. The van der Waals surface area contributed by atoms with Crippen LogP contribution in [0.2, 0.25) is 0 Å². The maximum absolute atomic E-state index is 13.0. The van der Waals surface area contributed by atoms with Gasteiger partial charge in [0, 0.05) is 5.56 Å². The van der Waals surface area contributed by atoms with Gasteiger partial charge in [-0.25, -0.2) is 4.39 Å². The SMILES string of the molecule is CC[C@@H](N)c1nc(-c2cccc(F)c2)no1. The maximum Gasteiger partial charge on any atom is 0.243 e. The lowest BCUT2D eigenvalue weighted by Crippen LogP contribution is -2.08. The Bertz CT molecular complexity index is 484. The molecular weight excluding hydrogens is 209 g/mol. The van der Waals surface area contributed by atoms with Crippen LogP contribution in [0.25, 0.3) is 11.4 Å². The normalized spacial score (nSPS) is 12.7. The highest BCUT2D eigenvalue weighted by Crippen LogP contribution is 2.19. The summed E-state index contributed by atoms with van der Waals surface area (Å²) >= 11 is 0. The van der Waals surface area contributed by atoms with Crippen LogP contribution in [0.15, 0.2) is 28.8 Å². The molecular formula is C11H12FN3O. The van der Waals surface area contributed by atoms with E-state index in [-0.39, 0.29) is 11.9 Å². The largest absolute Gasteiger partial charge is 0.337 e. The van der Waals surface area contributed by atoms with Crippen LogP contribution < -0.4 is 5.73 Å². The second-order valence-corrected chi connectivity index (χ2v) is 3.48. The van der Waals surface area contributed by atoms with E-state index in [0.29, 0.717) is 23.7 Å². The van der Waals surface area contributed by atoms with Gasteiger partial charge in [0.25, 0.3) is 0 Å². The highest BCUT2D eigenvalue weighted by molar-refractivity contribution is 5.53. The molecule has 5 heteroatoms. The minimum absolute atomic E-state index is 0.269. The van der Waals surface area contributed by atoms with E-state index in [0.717, 1.165) is 0 Å². The number of hydrogen-bond donors (Lipinski definition) is 1. The van der Waals surface area contributed by atoms with E-state index in [9.17, 15) is 4.39 Å². The number of aromatic nitrogens is 2. The Morgan fingerprint density at radius 2 is 2.31 bits per heavy atom. The first-order valence-electron chi connectivity index (χ1n) is 5.06. The molecule has 2 N–H and O–H groups in total. The van der Waals surface area contributed by atoms with Crippen LogP contribution in [0.5, 0.6) is 0 Å².